The second-order valence-corrected chi connectivity index (χ2v) is 8.01. The van der Waals surface area contributed by atoms with Gasteiger partial charge >= 0.3 is 5.69 Å². The Morgan fingerprint density at radius 2 is 1.48 bits per heavy atom. The Bertz CT molecular complexity index is 1600. The first-order valence-electron chi connectivity index (χ1n) is 10.6. The van der Waals surface area contributed by atoms with Crippen LogP contribution in [0, 0.1) is 5.82 Å². The van der Waals surface area contributed by atoms with Crippen molar-refractivity contribution in [2.24, 2.45) is 7.05 Å². The van der Waals surface area contributed by atoms with Crippen LogP contribution < -0.4 is 16.0 Å². The molecule has 0 N–H and O–H groups in total. The van der Waals surface area contributed by atoms with Crippen LogP contribution in [0.1, 0.15) is 11.1 Å². The second-order valence-electron chi connectivity index (χ2n) is 8.01. The molecule has 5 rings (SSSR count). The Balaban J connectivity index is 1.85. The zero-order chi connectivity index (χ0) is 23.1. The smallest absolute Gasteiger partial charge is 0.332 e. The number of hydrogen-bond donors (Lipinski definition) is 0. The fourth-order valence-corrected chi connectivity index (χ4v) is 4.33. The maximum atomic E-state index is 13.7. The predicted molar refractivity (Wildman–Crippen MR) is 127 cm³/mol. The molecule has 0 aliphatic rings. The summed E-state index contributed by atoms with van der Waals surface area (Å²) in [4.78, 5) is 27.3. The molecule has 0 saturated heterocycles. The molecule has 0 fully saturated rings. The lowest BCUT2D eigenvalue weighted by molar-refractivity contribution is 0.415. The lowest BCUT2D eigenvalue weighted by Crippen LogP contribution is -2.40. The fraction of sp³-hybridized carbons (Fsp3) is 0.154. The average Bonchev–Trinajstić information content (AvgIpc) is 3.13. The average molecular weight is 443 g/mol. The number of nitrogens with zero attached hydrogens (tertiary/aromatic N) is 3. The Hall–Kier alpha value is -4.13. The van der Waals surface area contributed by atoms with Gasteiger partial charge in [0.2, 0.25) is 0 Å². The summed E-state index contributed by atoms with van der Waals surface area (Å²) in [5.41, 5.74) is 2.61. The number of rotatable bonds is 5. The largest absolute Gasteiger partial charge is 0.497 e. The molecule has 0 bridgehead atoms. The van der Waals surface area contributed by atoms with E-state index in [0.717, 1.165) is 22.0 Å². The molecule has 0 saturated carbocycles. The summed E-state index contributed by atoms with van der Waals surface area (Å²) in [6.07, 6.45) is 0. The number of aryl methyl sites for hydroxylation is 1. The van der Waals surface area contributed by atoms with E-state index in [1.54, 1.807) is 23.8 Å². The van der Waals surface area contributed by atoms with E-state index in [1.807, 2.05) is 60.1 Å². The quantitative estimate of drug-likeness (QED) is 0.414. The van der Waals surface area contributed by atoms with Gasteiger partial charge in [-0.1, -0.05) is 42.5 Å². The van der Waals surface area contributed by atoms with Gasteiger partial charge in [-0.3, -0.25) is 13.9 Å². The molecule has 0 aliphatic carbocycles. The van der Waals surface area contributed by atoms with E-state index >= 15 is 0 Å². The molecule has 0 unspecified atom stereocenters. The third-order valence-electron chi connectivity index (χ3n) is 6.00. The summed E-state index contributed by atoms with van der Waals surface area (Å²) in [6, 6.07) is 21.0. The Morgan fingerprint density at radius 1 is 0.818 bits per heavy atom. The maximum absolute atomic E-state index is 13.7. The molecule has 5 aromatic rings. The molecule has 0 spiro atoms. The highest BCUT2D eigenvalue weighted by Gasteiger charge is 2.21. The van der Waals surface area contributed by atoms with Gasteiger partial charge < -0.3 is 9.30 Å². The van der Waals surface area contributed by atoms with Crippen molar-refractivity contribution in [3.63, 3.8) is 0 Å². The molecular formula is C26H22FN3O3. The number of benzene rings is 3. The molecule has 166 valence electrons. The summed E-state index contributed by atoms with van der Waals surface area (Å²) in [5.74, 6) is 0.282. The lowest BCUT2D eigenvalue weighted by Gasteiger charge is -2.13. The van der Waals surface area contributed by atoms with Crippen LogP contribution >= 0.6 is 0 Å². The molecule has 0 amide bonds. The normalized spacial score (nSPS) is 11.4. The lowest BCUT2D eigenvalue weighted by atomic mass is 10.2. The number of methoxy groups -OCH3 is 1. The zero-order valence-corrected chi connectivity index (χ0v) is 18.3. The molecule has 33 heavy (non-hydrogen) atoms. The minimum absolute atomic E-state index is 0.155. The zero-order valence-electron chi connectivity index (χ0n) is 18.3. The highest BCUT2D eigenvalue weighted by atomic mass is 19.1. The molecule has 0 atom stereocenters. The summed E-state index contributed by atoms with van der Waals surface area (Å²) in [6.45, 7) is 0.351. The van der Waals surface area contributed by atoms with Crippen molar-refractivity contribution in [1.29, 1.82) is 0 Å². The third-order valence-corrected chi connectivity index (χ3v) is 6.00. The van der Waals surface area contributed by atoms with E-state index in [-0.39, 0.29) is 24.5 Å². The summed E-state index contributed by atoms with van der Waals surface area (Å²) in [7, 11) is 3.39. The Labute approximate surface area is 188 Å². The molecule has 2 heterocycles. The van der Waals surface area contributed by atoms with Gasteiger partial charge in [0.25, 0.3) is 5.56 Å². The van der Waals surface area contributed by atoms with Gasteiger partial charge in [0.05, 0.1) is 31.2 Å². The summed E-state index contributed by atoms with van der Waals surface area (Å²) in [5, 5.41) is 0.745. The molecule has 6 nitrogen and oxygen atoms in total. The fourth-order valence-electron chi connectivity index (χ4n) is 4.33. The number of hydrogen-bond acceptors (Lipinski definition) is 3. The van der Waals surface area contributed by atoms with E-state index in [2.05, 4.69) is 0 Å². The van der Waals surface area contributed by atoms with E-state index < -0.39 is 5.69 Å². The minimum atomic E-state index is -0.420. The molecular weight excluding hydrogens is 421 g/mol. The predicted octanol–water partition coefficient (Wildman–Crippen LogP) is 3.90. The molecule has 0 radical (unpaired) electrons. The number of halogens is 1. The van der Waals surface area contributed by atoms with Gasteiger partial charge in [0, 0.05) is 12.4 Å². The van der Waals surface area contributed by atoms with Crippen molar-refractivity contribution >= 4 is 21.9 Å². The van der Waals surface area contributed by atoms with Crippen LogP contribution in [-0.2, 0) is 20.1 Å². The van der Waals surface area contributed by atoms with Gasteiger partial charge in [-0.05, 0) is 41.5 Å². The molecule has 3 aromatic carbocycles. The standard InChI is InChI=1S/C26H22FN3O3/c1-28-22-13-12-20(33-2)14-21(22)23-24(28)25(31)30(16-17-6-4-3-5-7-17)26(32)29(23)15-18-8-10-19(27)11-9-18/h3-14H,15-16H2,1-2H3. The van der Waals surface area contributed by atoms with Gasteiger partial charge in [0.15, 0.2) is 0 Å². The van der Waals surface area contributed by atoms with Crippen molar-refractivity contribution < 1.29 is 9.13 Å². The third kappa shape index (κ3) is 3.51. The van der Waals surface area contributed by atoms with Crippen molar-refractivity contribution in [3.05, 3.63) is 111 Å². The first-order chi connectivity index (χ1) is 16.0. The van der Waals surface area contributed by atoms with E-state index in [1.165, 1.54) is 16.7 Å². The van der Waals surface area contributed by atoms with Crippen LogP contribution in [0.3, 0.4) is 0 Å². The highest BCUT2D eigenvalue weighted by molar-refractivity contribution is 6.06. The number of fused-ring (bicyclic) bond motifs is 3. The molecule has 2 aromatic heterocycles. The van der Waals surface area contributed by atoms with Crippen molar-refractivity contribution in [3.8, 4) is 5.75 Å². The van der Waals surface area contributed by atoms with Gasteiger partial charge in [-0.25, -0.2) is 9.18 Å². The number of aromatic nitrogens is 3. The molecule has 0 aliphatic heterocycles. The van der Waals surface area contributed by atoms with Gasteiger partial charge in [-0.15, -0.1) is 0 Å². The van der Waals surface area contributed by atoms with Crippen LogP contribution in [0.2, 0.25) is 0 Å². The first-order valence-corrected chi connectivity index (χ1v) is 10.6. The van der Waals surface area contributed by atoms with Crippen LogP contribution in [-0.4, -0.2) is 20.8 Å². The molecule has 7 heteroatoms. The second kappa shape index (κ2) is 8.09. The van der Waals surface area contributed by atoms with Gasteiger partial charge in [-0.2, -0.15) is 0 Å². The first kappa shape index (κ1) is 20.8. The maximum Gasteiger partial charge on any atom is 0.332 e. The van der Waals surface area contributed by atoms with Crippen LogP contribution in [0.25, 0.3) is 21.9 Å². The van der Waals surface area contributed by atoms with Gasteiger partial charge in [0.1, 0.15) is 17.1 Å². The van der Waals surface area contributed by atoms with E-state index in [4.69, 9.17) is 4.74 Å². The minimum Gasteiger partial charge on any atom is -0.497 e. The van der Waals surface area contributed by atoms with Crippen LogP contribution in [0.4, 0.5) is 4.39 Å². The van der Waals surface area contributed by atoms with E-state index in [9.17, 15) is 14.0 Å². The highest BCUT2D eigenvalue weighted by Crippen LogP contribution is 2.29. The SMILES string of the molecule is COc1ccc2c(c1)c1c(c(=O)n(Cc3ccccc3)c(=O)n1Cc1ccc(F)cc1)n2C. The summed E-state index contributed by atoms with van der Waals surface area (Å²) >= 11 is 0. The van der Waals surface area contributed by atoms with Crippen molar-refractivity contribution in [2.75, 3.05) is 7.11 Å². The van der Waals surface area contributed by atoms with Crippen LogP contribution in [0.15, 0.2) is 82.4 Å². The Morgan fingerprint density at radius 3 is 2.18 bits per heavy atom. The topological polar surface area (TPSA) is 58.2 Å². The number of ether oxygens (including phenoxy) is 1. The Kier molecular flexibility index (Phi) is 5.09. The van der Waals surface area contributed by atoms with Crippen molar-refractivity contribution in [2.45, 2.75) is 13.1 Å². The summed E-state index contributed by atoms with van der Waals surface area (Å²) < 4.78 is 23.5. The van der Waals surface area contributed by atoms with Crippen LogP contribution in [0.5, 0.6) is 5.75 Å². The monoisotopic (exact) mass is 443 g/mol. The van der Waals surface area contributed by atoms with E-state index in [0.29, 0.717) is 16.8 Å². The van der Waals surface area contributed by atoms with Crippen molar-refractivity contribution in [1.82, 2.24) is 13.7 Å².